The van der Waals surface area contributed by atoms with Gasteiger partial charge in [0.05, 0.1) is 38.3 Å². The van der Waals surface area contributed by atoms with Crippen LogP contribution in [0.4, 0.5) is 0 Å². The van der Waals surface area contributed by atoms with Crippen molar-refractivity contribution in [1.82, 2.24) is 40.9 Å². The van der Waals surface area contributed by atoms with Crippen LogP contribution in [-0.4, -0.2) is 168 Å². The van der Waals surface area contributed by atoms with Crippen LogP contribution in [0.3, 0.4) is 0 Å². The van der Waals surface area contributed by atoms with Gasteiger partial charge in [0, 0.05) is 81.0 Å². The summed E-state index contributed by atoms with van der Waals surface area (Å²) in [5, 5.41) is 12.5. The van der Waals surface area contributed by atoms with E-state index in [2.05, 4.69) is 21.3 Å². The molecule has 0 radical (unpaired) electrons. The van der Waals surface area contributed by atoms with Gasteiger partial charge in [0.1, 0.15) is 0 Å². The van der Waals surface area contributed by atoms with E-state index in [1.807, 2.05) is 86.6 Å². The molecular weight excluding hydrogens is 1090 g/mol. The van der Waals surface area contributed by atoms with Crippen molar-refractivity contribution in [2.24, 2.45) is 35.0 Å². The maximum absolute atomic E-state index is 14.5. The second kappa shape index (κ2) is 34.8. The van der Waals surface area contributed by atoms with E-state index in [1.54, 1.807) is 12.1 Å². The van der Waals surface area contributed by atoms with E-state index in [0.717, 1.165) is 42.4 Å². The zero-order valence-corrected chi connectivity index (χ0v) is 50.1. The number of benzene rings is 3. The van der Waals surface area contributed by atoms with Crippen molar-refractivity contribution < 1.29 is 43.2 Å². The normalized spacial score (nSPS) is 20.9. The standard InChI is InChI=1S/C63H91N11O9S/c1-44(2)30-52-36-73(61(81)33-47-18-19-47)41-56(76)67-51(16-9-10-27-64)35-72(59(79)17-11-28-65)40-57(77)69-53(31-45-12-5-3-6-13-45)37-71(39-55(66)75)60(80)26-29-84-43-49-22-24-50(25-23-49)63(83)70-54(32-46-14-7-4-8-15-46)38-74(42-58(78)68-52)62(82)34-48-20-21-48/h3-8,12-15,22-25,44,47-48,51-54H,9-11,16-21,26-43,64-65H2,1-2H3,(H2,66,75)(H,67,76)(H,68,78)(H,69,77)(H,70,83)/t51-,52-,53-,54-/m0/s1. The van der Waals surface area contributed by atoms with Crippen LogP contribution in [0.5, 0.6) is 0 Å². The SMILES string of the molecule is CC(C)C[C@H]1CN(C(=O)CC2CC2)CC(=O)N[C@@H](CCCCN)CN(C(=O)CCCN)CC(=O)N[C@@H](Cc2ccccc2)CN(CC(N)=O)C(=O)CCSCc2ccc(cc2)C(=O)N[C@@H](Cc2ccccc2)CN(C(=O)CC2CC2)CC(=O)N1. The molecule has 4 aliphatic rings. The highest BCUT2D eigenvalue weighted by Crippen LogP contribution is 2.34. The molecule has 10 N–H and O–H groups in total. The first-order chi connectivity index (χ1) is 40.4. The molecule has 84 heavy (non-hydrogen) atoms. The summed E-state index contributed by atoms with van der Waals surface area (Å²) in [6, 6.07) is 23.5. The second-order valence-electron chi connectivity index (χ2n) is 23.5. The minimum Gasteiger partial charge on any atom is -0.368 e. The average Bonchev–Trinajstić information content (AvgIpc) is 4.56. The van der Waals surface area contributed by atoms with Gasteiger partial charge in [0.25, 0.3) is 5.91 Å². The Bertz CT molecular complexity index is 2620. The number of unbranched alkanes of at least 4 members (excludes halogenated alkanes) is 1. The van der Waals surface area contributed by atoms with Crippen molar-refractivity contribution in [3.8, 4) is 0 Å². The van der Waals surface area contributed by atoms with Crippen LogP contribution in [0.25, 0.3) is 0 Å². The highest BCUT2D eigenvalue weighted by atomic mass is 32.2. The molecule has 0 saturated heterocycles. The number of nitrogens with two attached hydrogens (primary N) is 3. The van der Waals surface area contributed by atoms with Gasteiger partial charge in [-0.25, -0.2) is 0 Å². The van der Waals surface area contributed by atoms with Crippen molar-refractivity contribution in [2.45, 2.75) is 140 Å². The summed E-state index contributed by atoms with van der Waals surface area (Å²) in [7, 11) is 0. The van der Waals surface area contributed by atoms with Crippen LogP contribution in [0.15, 0.2) is 84.9 Å². The zero-order valence-electron chi connectivity index (χ0n) is 49.3. The molecular formula is C63H91N11O9S. The Hall–Kier alpha value is -6.84. The predicted molar refractivity (Wildman–Crippen MR) is 325 cm³/mol. The van der Waals surface area contributed by atoms with E-state index in [1.165, 1.54) is 31.4 Å². The van der Waals surface area contributed by atoms with E-state index in [0.29, 0.717) is 62.1 Å². The topological polar surface area (TPSA) is 293 Å². The number of thioether (sulfide) groups is 1. The summed E-state index contributed by atoms with van der Waals surface area (Å²) < 4.78 is 0. The van der Waals surface area contributed by atoms with Crippen molar-refractivity contribution >= 4 is 64.9 Å². The minimum absolute atomic E-state index is 0.0113. The fraction of sp³-hybridized carbons (Fsp3) is 0.571. The molecule has 0 spiro atoms. The molecule has 0 unspecified atom stereocenters. The number of hydrogen-bond donors (Lipinski definition) is 7. The maximum Gasteiger partial charge on any atom is 0.251 e. The van der Waals surface area contributed by atoms with Gasteiger partial charge >= 0.3 is 0 Å². The fourth-order valence-electron chi connectivity index (χ4n) is 10.6. The molecule has 4 atom stereocenters. The molecule has 20 nitrogen and oxygen atoms in total. The number of amides is 9. The van der Waals surface area contributed by atoms with Crippen molar-refractivity contribution in [2.75, 3.05) is 71.2 Å². The van der Waals surface area contributed by atoms with Gasteiger partial charge in [0.2, 0.25) is 47.3 Å². The largest absolute Gasteiger partial charge is 0.368 e. The van der Waals surface area contributed by atoms with Gasteiger partial charge in [-0.2, -0.15) is 11.8 Å². The first kappa shape index (κ1) is 66.3. The molecule has 0 aromatic heterocycles. The van der Waals surface area contributed by atoms with E-state index in [9.17, 15) is 43.2 Å². The highest BCUT2D eigenvalue weighted by Gasteiger charge is 2.34. The fourth-order valence-corrected chi connectivity index (χ4v) is 11.4. The third kappa shape index (κ3) is 24.8. The Morgan fingerprint density at radius 2 is 1.07 bits per heavy atom. The molecule has 7 rings (SSSR count). The lowest BCUT2D eigenvalue weighted by molar-refractivity contribution is -0.139. The minimum atomic E-state index is -0.726. The van der Waals surface area contributed by atoms with E-state index < -0.39 is 54.3 Å². The number of fused-ring (bicyclic) bond motifs is 29. The zero-order chi connectivity index (χ0) is 60.4. The van der Waals surface area contributed by atoms with Crippen LogP contribution in [0.2, 0.25) is 0 Å². The van der Waals surface area contributed by atoms with Crippen molar-refractivity contribution in [3.05, 3.63) is 107 Å². The first-order valence-corrected chi connectivity index (χ1v) is 31.3. The van der Waals surface area contributed by atoms with Crippen molar-refractivity contribution in [1.29, 1.82) is 0 Å². The van der Waals surface area contributed by atoms with Crippen LogP contribution in [0, 0.1) is 17.8 Å². The molecule has 3 aromatic carbocycles. The van der Waals surface area contributed by atoms with Gasteiger partial charge in [0.15, 0.2) is 0 Å². The number of nitrogens with zero attached hydrogens (tertiary/aromatic N) is 4. The number of hydrogen-bond acceptors (Lipinski definition) is 12. The Balaban J connectivity index is 1.34. The molecule has 2 heterocycles. The monoisotopic (exact) mass is 1180 g/mol. The van der Waals surface area contributed by atoms with Crippen LogP contribution in [-0.2, 0) is 57.0 Å². The molecule has 2 bridgehead atoms. The summed E-state index contributed by atoms with van der Waals surface area (Å²) in [5.41, 5.74) is 20.6. The molecule has 21 heteroatoms. The third-order valence-corrected chi connectivity index (χ3v) is 16.3. The van der Waals surface area contributed by atoms with Gasteiger partial charge in [-0.15, -0.1) is 0 Å². The lowest BCUT2D eigenvalue weighted by Crippen LogP contribution is -2.55. The number of nitrogens with one attached hydrogen (secondary N) is 4. The Labute approximate surface area is 500 Å². The smallest absolute Gasteiger partial charge is 0.251 e. The number of primary amides is 1. The van der Waals surface area contributed by atoms with Crippen LogP contribution < -0.4 is 38.5 Å². The number of rotatable bonds is 19. The first-order valence-electron chi connectivity index (χ1n) is 30.2. The lowest BCUT2D eigenvalue weighted by Gasteiger charge is -2.32. The van der Waals surface area contributed by atoms with Gasteiger partial charge < -0.3 is 58.1 Å². The third-order valence-electron chi connectivity index (χ3n) is 15.2. The number of carbonyl (C=O) groups excluding carboxylic acids is 9. The molecule has 3 aromatic rings. The molecule has 2 aliphatic carbocycles. The summed E-state index contributed by atoms with van der Waals surface area (Å²) in [5.74, 6) is -2.32. The van der Waals surface area contributed by atoms with E-state index >= 15 is 0 Å². The molecule has 2 aliphatic heterocycles. The highest BCUT2D eigenvalue weighted by molar-refractivity contribution is 7.98. The molecule has 9 amide bonds. The Kier molecular flexibility index (Phi) is 27.5. The van der Waals surface area contributed by atoms with E-state index in [-0.39, 0.29) is 132 Å². The van der Waals surface area contributed by atoms with Crippen molar-refractivity contribution in [3.63, 3.8) is 0 Å². The van der Waals surface area contributed by atoms with Gasteiger partial charge in [-0.1, -0.05) is 93.1 Å². The average molecular weight is 1180 g/mol. The van der Waals surface area contributed by atoms with Crippen LogP contribution in [0.1, 0.15) is 124 Å². The Morgan fingerprint density at radius 1 is 0.583 bits per heavy atom. The number of carbonyl (C=O) groups is 9. The lowest BCUT2D eigenvalue weighted by atomic mass is 10.0. The second-order valence-corrected chi connectivity index (χ2v) is 24.6. The van der Waals surface area contributed by atoms with Gasteiger partial charge in [-0.3, -0.25) is 43.2 Å². The molecule has 458 valence electrons. The van der Waals surface area contributed by atoms with Crippen LogP contribution >= 0.6 is 11.8 Å². The Morgan fingerprint density at radius 3 is 1.58 bits per heavy atom. The molecule has 2 fully saturated rings. The van der Waals surface area contributed by atoms with Gasteiger partial charge in [-0.05, 0) is 124 Å². The summed E-state index contributed by atoms with van der Waals surface area (Å²) in [6.07, 6.45) is 7.26. The quantitative estimate of drug-likeness (QED) is 0.0669. The maximum atomic E-state index is 14.5. The summed E-state index contributed by atoms with van der Waals surface area (Å²) >= 11 is 1.50. The summed E-state index contributed by atoms with van der Waals surface area (Å²) in [4.78, 5) is 132. The predicted octanol–water partition coefficient (Wildman–Crippen LogP) is 3.68. The summed E-state index contributed by atoms with van der Waals surface area (Å²) in [6.45, 7) is 3.13. The molecule has 2 saturated carbocycles. The van der Waals surface area contributed by atoms with E-state index in [4.69, 9.17) is 17.2 Å².